The summed E-state index contributed by atoms with van der Waals surface area (Å²) in [6, 6.07) is 11.8. The van der Waals surface area contributed by atoms with Crippen LogP contribution in [0.2, 0.25) is 0 Å². The van der Waals surface area contributed by atoms with E-state index in [1.165, 1.54) is 36.2 Å². The Labute approximate surface area is 138 Å². The fourth-order valence-electron chi connectivity index (χ4n) is 2.85. The van der Waals surface area contributed by atoms with Crippen LogP contribution in [0.25, 0.3) is 5.76 Å². The van der Waals surface area contributed by atoms with Crippen LogP contribution < -0.4 is 0 Å². The molecule has 0 radical (unpaired) electrons. The minimum atomic E-state index is -0.745. The predicted octanol–water partition coefficient (Wildman–Crippen LogP) is 3.19. The molecule has 0 bridgehead atoms. The number of hydrogen-bond acceptors (Lipinski definition) is 3. The molecule has 1 N–H and O–H groups in total. The molecule has 0 saturated carbocycles. The summed E-state index contributed by atoms with van der Waals surface area (Å²) in [5.41, 5.74) is 2.04. The van der Waals surface area contributed by atoms with Crippen molar-refractivity contribution < 1.29 is 19.1 Å². The molecule has 1 unspecified atom stereocenters. The minimum Gasteiger partial charge on any atom is -0.507 e. The molecule has 5 heteroatoms. The average molecular weight is 325 g/mol. The van der Waals surface area contributed by atoms with Crippen LogP contribution in [0.3, 0.4) is 0 Å². The van der Waals surface area contributed by atoms with Gasteiger partial charge < -0.3 is 10.0 Å². The van der Waals surface area contributed by atoms with E-state index in [1.54, 1.807) is 12.1 Å². The molecule has 1 heterocycles. The third-order valence-electron chi connectivity index (χ3n) is 4.19. The lowest BCUT2D eigenvalue weighted by Gasteiger charge is -2.21. The summed E-state index contributed by atoms with van der Waals surface area (Å²) in [5.74, 6) is -2.08. The van der Waals surface area contributed by atoms with Crippen LogP contribution >= 0.6 is 0 Å². The zero-order chi connectivity index (χ0) is 17.4. The minimum absolute atomic E-state index is 0.0120. The van der Waals surface area contributed by atoms with Crippen molar-refractivity contribution in [3.63, 3.8) is 0 Å². The van der Waals surface area contributed by atoms with Crippen LogP contribution in [0.1, 0.15) is 22.7 Å². The Kier molecular flexibility index (Phi) is 3.93. The molecule has 2 aromatic rings. The molecule has 1 amide bonds. The number of likely N-dealkylation sites (tertiary alicyclic amines) is 1. The number of nitrogens with zero attached hydrogens (tertiary/aromatic N) is 1. The molecule has 1 atom stereocenters. The molecule has 4 nitrogen and oxygen atoms in total. The lowest BCUT2D eigenvalue weighted by molar-refractivity contribution is -0.139. The summed E-state index contributed by atoms with van der Waals surface area (Å²) in [6.07, 6.45) is 0. The number of aliphatic hydroxyl groups is 1. The van der Waals surface area contributed by atoms with Crippen LogP contribution in [-0.4, -0.2) is 28.7 Å². The smallest absolute Gasteiger partial charge is 0.295 e. The molecule has 1 fully saturated rings. The number of aryl methyl sites for hydroxylation is 1. The van der Waals surface area contributed by atoms with Gasteiger partial charge in [-0.1, -0.05) is 42.0 Å². The lowest BCUT2D eigenvalue weighted by Crippen LogP contribution is -2.24. The summed E-state index contributed by atoms with van der Waals surface area (Å²) in [4.78, 5) is 25.7. The molecule has 1 aliphatic rings. The van der Waals surface area contributed by atoms with Crippen LogP contribution in [0.4, 0.5) is 4.39 Å². The molecule has 24 heavy (non-hydrogen) atoms. The van der Waals surface area contributed by atoms with Gasteiger partial charge in [-0.2, -0.15) is 0 Å². The molecular formula is C19H16FNO3. The van der Waals surface area contributed by atoms with E-state index >= 15 is 0 Å². The predicted molar refractivity (Wildman–Crippen MR) is 87.6 cm³/mol. The van der Waals surface area contributed by atoms with Gasteiger partial charge in [-0.05, 0) is 24.6 Å². The fourth-order valence-corrected chi connectivity index (χ4v) is 2.85. The van der Waals surface area contributed by atoms with Crippen molar-refractivity contribution in [2.24, 2.45) is 0 Å². The van der Waals surface area contributed by atoms with Gasteiger partial charge in [-0.15, -0.1) is 0 Å². The first-order valence-electron chi connectivity index (χ1n) is 7.47. The maximum absolute atomic E-state index is 13.2. The van der Waals surface area contributed by atoms with Crippen LogP contribution in [-0.2, 0) is 9.59 Å². The van der Waals surface area contributed by atoms with E-state index < -0.39 is 23.5 Å². The summed E-state index contributed by atoms with van der Waals surface area (Å²) >= 11 is 0. The maximum Gasteiger partial charge on any atom is 0.295 e. The van der Waals surface area contributed by atoms with Crippen molar-refractivity contribution in [3.05, 3.63) is 76.6 Å². The lowest BCUT2D eigenvalue weighted by atomic mass is 9.95. The highest BCUT2D eigenvalue weighted by Gasteiger charge is 2.44. The van der Waals surface area contributed by atoms with Crippen LogP contribution in [0.5, 0.6) is 0 Å². The molecule has 0 spiro atoms. The Morgan fingerprint density at radius 1 is 1.04 bits per heavy atom. The Hall–Kier alpha value is -2.95. The van der Waals surface area contributed by atoms with E-state index in [0.29, 0.717) is 11.1 Å². The van der Waals surface area contributed by atoms with E-state index in [0.717, 1.165) is 5.56 Å². The quantitative estimate of drug-likeness (QED) is 0.524. The van der Waals surface area contributed by atoms with Crippen molar-refractivity contribution >= 4 is 17.4 Å². The van der Waals surface area contributed by atoms with Gasteiger partial charge in [-0.3, -0.25) is 9.59 Å². The Balaban J connectivity index is 2.16. The third kappa shape index (κ3) is 2.58. The third-order valence-corrected chi connectivity index (χ3v) is 4.19. The van der Waals surface area contributed by atoms with E-state index in [1.807, 2.05) is 19.1 Å². The van der Waals surface area contributed by atoms with Gasteiger partial charge in [-0.25, -0.2) is 4.39 Å². The first-order valence-corrected chi connectivity index (χ1v) is 7.47. The molecular weight excluding hydrogens is 309 g/mol. The highest BCUT2D eigenvalue weighted by atomic mass is 19.1. The van der Waals surface area contributed by atoms with Gasteiger partial charge in [0.25, 0.3) is 11.7 Å². The molecule has 1 aliphatic heterocycles. The van der Waals surface area contributed by atoms with E-state index in [-0.39, 0.29) is 11.3 Å². The van der Waals surface area contributed by atoms with Gasteiger partial charge in [0.2, 0.25) is 0 Å². The van der Waals surface area contributed by atoms with Crippen molar-refractivity contribution in [2.45, 2.75) is 13.0 Å². The normalized spacial score (nSPS) is 19.8. The molecule has 0 aliphatic carbocycles. The molecule has 122 valence electrons. The largest absolute Gasteiger partial charge is 0.507 e. The van der Waals surface area contributed by atoms with Gasteiger partial charge in [0, 0.05) is 12.6 Å². The standard InChI is InChI=1S/C19H16FNO3/c1-11-3-5-13(6-4-11)17(22)15-16(21(2)19(24)18(15)23)12-7-9-14(20)10-8-12/h3-10,16,22H,1-2H3/b17-15-. The zero-order valence-electron chi connectivity index (χ0n) is 13.3. The Morgan fingerprint density at radius 3 is 2.21 bits per heavy atom. The van der Waals surface area contributed by atoms with Gasteiger partial charge in [0.15, 0.2) is 0 Å². The highest BCUT2D eigenvalue weighted by molar-refractivity contribution is 6.46. The van der Waals surface area contributed by atoms with Crippen LogP contribution in [0, 0.1) is 12.7 Å². The van der Waals surface area contributed by atoms with Gasteiger partial charge in [0.05, 0.1) is 11.6 Å². The topological polar surface area (TPSA) is 57.6 Å². The molecule has 2 aromatic carbocycles. The fraction of sp³-hybridized carbons (Fsp3) is 0.158. The first-order chi connectivity index (χ1) is 11.4. The number of aliphatic hydroxyl groups excluding tert-OH is 1. The number of Topliss-reactive ketones (excluding diaryl/α,β-unsaturated/α-hetero) is 1. The summed E-state index contributed by atoms with van der Waals surface area (Å²) in [7, 11) is 1.49. The zero-order valence-corrected chi connectivity index (χ0v) is 13.3. The molecule has 3 rings (SSSR count). The summed E-state index contributed by atoms with van der Waals surface area (Å²) in [5, 5.41) is 10.6. The number of carbonyl (C=O) groups excluding carboxylic acids is 2. The van der Waals surface area contributed by atoms with Crippen LogP contribution in [0.15, 0.2) is 54.1 Å². The SMILES string of the molecule is Cc1ccc(/C(O)=C2/C(=O)C(=O)N(C)C2c2ccc(F)cc2)cc1. The second-order valence-corrected chi connectivity index (χ2v) is 5.83. The molecule has 0 aromatic heterocycles. The number of rotatable bonds is 2. The van der Waals surface area contributed by atoms with Gasteiger partial charge in [0.1, 0.15) is 11.6 Å². The number of hydrogen-bond donors (Lipinski definition) is 1. The van der Waals surface area contributed by atoms with Crippen molar-refractivity contribution in [1.82, 2.24) is 4.90 Å². The Morgan fingerprint density at radius 2 is 1.62 bits per heavy atom. The number of halogens is 1. The van der Waals surface area contributed by atoms with E-state index in [2.05, 4.69) is 0 Å². The summed E-state index contributed by atoms with van der Waals surface area (Å²) in [6.45, 7) is 1.91. The second-order valence-electron chi connectivity index (χ2n) is 5.83. The van der Waals surface area contributed by atoms with E-state index in [9.17, 15) is 19.1 Å². The van der Waals surface area contributed by atoms with Crippen molar-refractivity contribution in [2.75, 3.05) is 7.05 Å². The number of likely N-dealkylation sites (N-methyl/N-ethyl adjacent to an activating group) is 1. The monoisotopic (exact) mass is 325 g/mol. The number of ketones is 1. The van der Waals surface area contributed by atoms with Gasteiger partial charge >= 0.3 is 0 Å². The number of benzene rings is 2. The first kappa shape index (κ1) is 15.9. The van der Waals surface area contributed by atoms with E-state index in [4.69, 9.17) is 0 Å². The maximum atomic E-state index is 13.2. The number of carbonyl (C=O) groups is 2. The van der Waals surface area contributed by atoms with Crippen molar-refractivity contribution in [3.8, 4) is 0 Å². The van der Waals surface area contributed by atoms with Crippen molar-refractivity contribution in [1.29, 1.82) is 0 Å². The average Bonchev–Trinajstić information content (AvgIpc) is 2.80. The summed E-state index contributed by atoms with van der Waals surface area (Å²) < 4.78 is 13.2. The Bertz CT molecular complexity index is 838. The second kappa shape index (κ2) is 5.92. The highest BCUT2D eigenvalue weighted by Crippen LogP contribution is 2.38. The number of amides is 1. The molecule has 1 saturated heterocycles.